The van der Waals surface area contributed by atoms with Crippen molar-refractivity contribution in [3.8, 4) is 39.3 Å². The first-order valence-corrected chi connectivity index (χ1v) is 21.2. The van der Waals surface area contributed by atoms with Crippen LogP contribution in [0, 0.1) is 0 Å². The predicted molar refractivity (Wildman–Crippen MR) is 258 cm³/mol. The van der Waals surface area contributed by atoms with Crippen LogP contribution in [0.3, 0.4) is 0 Å². The highest BCUT2D eigenvalue weighted by Crippen LogP contribution is 2.47. The molecule has 0 atom stereocenters. The van der Waals surface area contributed by atoms with Gasteiger partial charge in [0.1, 0.15) is 11.3 Å². The third-order valence-electron chi connectivity index (χ3n) is 12.7. The summed E-state index contributed by atoms with van der Waals surface area (Å²) in [4.78, 5) is 0. The number of nitrogens with one attached hydrogen (secondary N) is 1. The van der Waals surface area contributed by atoms with Crippen molar-refractivity contribution in [3.05, 3.63) is 175 Å². The van der Waals surface area contributed by atoms with Crippen molar-refractivity contribution >= 4 is 73.1 Å². The number of benzene rings is 8. The summed E-state index contributed by atoms with van der Waals surface area (Å²) in [5.74, 6) is 0.899. The molecule has 0 fully saturated rings. The van der Waals surface area contributed by atoms with E-state index in [-0.39, 0.29) is 10.8 Å². The summed E-state index contributed by atoms with van der Waals surface area (Å²) in [5, 5.41) is 10.1. The molecule has 0 bridgehead atoms. The van der Waals surface area contributed by atoms with Crippen molar-refractivity contribution in [1.82, 2.24) is 4.57 Å². The van der Waals surface area contributed by atoms with E-state index in [1.165, 1.54) is 71.4 Å². The molecule has 290 valence electrons. The van der Waals surface area contributed by atoms with E-state index in [0.717, 1.165) is 52.1 Å². The average molecular weight is 775 g/mol. The van der Waals surface area contributed by atoms with Crippen molar-refractivity contribution in [2.24, 2.45) is 0 Å². The molecule has 0 spiro atoms. The molecule has 3 heterocycles. The van der Waals surface area contributed by atoms with Gasteiger partial charge in [-0.05, 0) is 74.3 Å². The standard InChI is InChI=1S/C56H47BN2O/c1-55(2,3)37-26-28-38(29-27-37)58-46-24-16-15-23-40(46)42-31-44(56(4,5)6)50-41-30-25-34-17-13-14-22-39(34)52(41)59-47-32-43-48(33-45(47)57-51(42)53(50)59)60-54(36-20-11-8-12-21-36)49(43)35-18-9-7-10-19-35/h7-33,57-58H,1-6H3. The summed E-state index contributed by atoms with van der Waals surface area (Å²) in [7, 11) is 0.770. The van der Waals surface area contributed by atoms with Gasteiger partial charge < -0.3 is 14.3 Å². The van der Waals surface area contributed by atoms with Gasteiger partial charge >= 0.3 is 0 Å². The van der Waals surface area contributed by atoms with Gasteiger partial charge in [-0.3, -0.25) is 0 Å². The molecule has 60 heavy (non-hydrogen) atoms. The first kappa shape index (κ1) is 36.3. The SMILES string of the molecule is CC(C)(C)c1ccc(Nc2ccccc2-c2cc(C(C)(C)C)c3c4ccc5ccccc5c4n4c3c2Bc2cc3oc(-c5ccccc5)c(-c5ccccc5)c3cc2-4)cc1. The van der Waals surface area contributed by atoms with Gasteiger partial charge in [0.25, 0.3) is 0 Å². The molecular formula is C56H47BN2O. The van der Waals surface area contributed by atoms with E-state index in [1.54, 1.807) is 0 Å². The van der Waals surface area contributed by atoms with E-state index in [2.05, 4.69) is 215 Å². The Balaban J connectivity index is 1.23. The average Bonchev–Trinajstić information content (AvgIpc) is 3.80. The highest BCUT2D eigenvalue weighted by atomic mass is 16.3. The summed E-state index contributed by atoms with van der Waals surface area (Å²) < 4.78 is 9.60. The van der Waals surface area contributed by atoms with Crippen LogP contribution in [0.4, 0.5) is 11.4 Å². The Labute approximate surface area is 352 Å². The molecule has 11 rings (SSSR count). The second-order valence-electron chi connectivity index (χ2n) is 18.6. The zero-order chi connectivity index (χ0) is 40.9. The minimum absolute atomic E-state index is 0.0887. The molecular weight excluding hydrogens is 727 g/mol. The summed E-state index contributed by atoms with van der Waals surface area (Å²) >= 11 is 0. The second-order valence-corrected chi connectivity index (χ2v) is 18.6. The van der Waals surface area contributed by atoms with Crippen LogP contribution >= 0.6 is 0 Å². The first-order valence-electron chi connectivity index (χ1n) is 21.2. The zero-order valence-corrected chi connectivity index (χ0v) is 35.2. The Kier molecular flexibility index (Phi) is 8.09. The molecule has 0 unspecified atom stereocenters. The fourth-order valence-corrected chi connectivity index (χ4v) is 9.72. The Hall–Kier alpha value is -6.78. The third-order valence-corrected chi connectivity index (χ3v) is 12.7. The maximum absolute atomic E-state index is 6.98. The number of hydrogen-bond donors (Lipinski definition) is 1. The molecule has 4 heteroatoms. The molecule has 0 radical (unpaired) electrons. The maximum atomic E-state index is 6.98. The Morgan fingerprint density at radius 3 is 1.97 bits per heavy atom. The van der Waals surface area contributed by atoms with Crippen LogP contribution in [-0.4, -0.2) is 11.8 Å². The van der Waals surface area contributed by atoms with Gasteiger partial charge in [-0.25, -0.2) is 0 Å². The lowest BCUT2D eigenvalue weighted by molar-refractivity contribution is 0.590. The number of furan rings is 1. The van der Waals surface area contributed by atoms with E-state index in [1.807, 2.05) is 0 Å². The van der Waals surface area contributed by atoms with Crippen LogP contribution in [0.2, 0.25) is 0 Å². The van der Waals surface area contributed by atoms with E-state index < -0.39 is 0 Å². The van der Waals surface area contributed by atoms with Gasteiger partial charge in [-0.15, -0.1) is 0 Å². The largest absolute Gasteiger partial charge is 0.455 e. The zero-order valence-electron chi connectivity index (χ0n) is 35.2. The summed E-state index contributed by atoms with van der Waals surface area (Å²) in [6.45, 7) is 13.9. The summed E-state index contributed by atoms with van der Waals surface area (Å²) in [6, 6.07) is 59.9. The van der Waals surface area contributed by atoms with Crippen molar-refractivity contribution in [2.45, 2.75) is 52.4 Å². The van der Waals surface area contributed by atoms with Gasteiger partial charge in [0.15, 0.2) is 7.28 Å². The van der Waals surface area contributed by atoms with Crippen molar-refractivity contribution in [2.75, 3.05) is 5.32 Å². The number of anilines is 2. The molecule has 0 aliphatic carbocycles. The van der Waals surface area contributed by atoms with Gasteiger partial charge in [0.05, 0.1) is 5.52 Å². The molecule has 10 aromatic rings. The fraction of sp³-hybridized carbons (Fsp3) is 0.143. The molecule has 2 aromatic heterocycles. The van der Waals surface area contributed by atoms with Crippen LogP contribution in [0.1, 0.15) is 52.7 Å². The Bertz CT molecular complexity index is 3300. The van der Waals surface area contributed by atoms with Gasteiger partial charge in [-0.1, -0.05) is 180 Å². The number of hydrogen-bond acceptors (Lipinski definition) is 2. The molecule has 0 amide bonds. The normalized spacial score (nSPS) is 12.6. The monoisotopic (exact) mass is 774 g/mol. The summed E-state index contributed by atoms with van der Waals surface area (Å²) in [5.41, 5.74) is 17.9. The number of nitrogens with zero attached hydrogens (tertiary/aromatic N) is 1. The number of rotatable bonds is 5. The van der Waals surface area contributed by atoms with Crippen molar-refractivity contribution in [1.29, 1.82) is 0 Å². The molecule has 1 aliphatic rings. The van der Waals surface area contributed by atoms with Crippen LogP contribution < -0.4 is 16.2 Å². The minimum Gasteiger partial charge on any atom is -0.455 e. The van der Waals surface area contributed by atoms with Crippen LogP contribution in [-0.2, 0) is 10.8 Å². The van der Waals surface area contributed by atoms with Gasteiger partial charge in [-0.2, -0.15) is 0 Å². The number of aromatic nitrogens is 1. The molecule has 1 aliphatic heterocycles. The minimum atomic E-state index is -0.136. The lowest BCUT2D eigenvalue weighted by Crippen LogP contribution is -2.37. The molecule has 0 saturated heterocycles. The highest BCUT2D eigenvalue weighted by molar-refractivity contribution is 6.74. The van der Waals surface area contributed by atoms with Gasteiger partial charge in [0, 0.05) is 60.8 Å². The number of para-hydroxylation sites is 1. The topological polar surface area (TPSA) is 30.1 Å². The molecule has 0 saturated carbocycles. The van der Waals surface area contributed by atoms with Crippen LogP contribution in [0.25, 0.3) is 82.8 Å². The number of fused-ring (bicyclic) bond motifs is 8. The second kappa shape index (κ2) is 13.4. The maximum Gasteiger partial charge on any atom is 0.198 e. The predicted octanol–water partition coefficient (Wildman–Crippen LogP) is 13.7. The lowest BCUT2D eigenvalue weighted by atomic mass is 9.58. The van der Waals surface area contributed by atoms with E-state index in [9.17, 15) is 0 Å². The molecule has 8 aromatic carbocycles. The first-order chi connectivity index (χ1) is 29.0. The molecule has 1 N–H and O–H groups in total. The van der Waals surface area contributed by atoms with Crippen LogP contribution in [0.5, 0.6) is 0 Å². The molecule has 3 nitrogen and oxygen atoms in total. The fourth-order valence-electron chi connectivity index (χ4n) is 9.72. The highest BCUT2D eigenvalue weighted by Gasteiger charge is 2.33. The van der Waals surface area contributed by atoms with E-state index >= 15 is 0 Å². The quantitative estimate of drug-likeness (QED) is 0.177. The third kappa shape index (κ3) is 5.73. The van der Waals surface area contributed by atoms with E-state index in [4.69, 9.17) is 4.42 Å². The Morgan fingerprint density at radius 2 is 1.23 bits per heavy atom. The van der Waals surface area contributed by atoms with Gasteiger partial charge in [0.2, 0.25) is 0 Å². The lowest BCUT2D eigenvalue weighted by Gasteiger charge is -2.28. The van der Waals surface area contributed by atoms with Crippen LogP contribution in [0.15, 0.2) is 168 Å². The smallest absolute Gasteiger partial charge is 0.198 e. The van der Waals surface area contributed by atoms with Crippen molar-refractivity contribution < 1.29 is 4.42 Å². The van der Waals surface area contributed by atoms with Crippen molar-refractivity contribution in [3.63, 3.8) is 0 Å². The van der Waals surface area contributed by atoms with E-state index in [0.29, 0.717) is 0 Å². The summed E-state index contributed by atoms with van der Waals surface area (Å²) in [6.07, 6.45) is 0. The Morgan fingerprint density at radius 1 is 0.550 bits per heavy atom.